The van der Waals surface area contributed by atoms with Crippen molar-refractivity contribution in [3.63, 3.8) is 0 Å². The monoisotopic (exact) mass is 571 g/mol. The number of carbonyl (C=O) groups excluding carboxylic acids is 1. The van der Waals surface area contributed by atoms with Gasteiger partial charge in [0.1, 0.15) is 16.3 Å². The molecule has 210 valence electrons. The molecule has 0 unspecified atom stereocenters. The number of aromatic nitrogens is 3. The Hall–Kier alpha value is -4.35. The van der Waals surface area contributed by atoms with Crippen LogP contribution in [0.15, 0.2) is 90.1 Å². The molecule has 2 aromatic heterocycles. The van der Waals surface area contributed by atoms with Crippen LogP contribution in [0.4, 0.5) is 16.3 Å². The van der Waals surface area contributed by atoms with Crippen LogP contribution in [-0.2, 0) is 19.3 Å². The number of morpholine rings is 1. The lowest BCUT2D eigenvalue weighted by molar-refractivity contribution is 0.0985. The smallest absolute Gasteiger partial charge is 0.410 e. The minimum absolute atomic E-state index is 0.0387. The maximum absolute atomic E-state index is 13.8. The van der Waals surface area contributed by atoms with E-state index < -0.39 is 20.7 Å². The minimum atomic E-state index is -3.79. The first kappa shape index (κ1) is 26.9. The van der Waals surface area contributed by atoms with E-state index in [0.29, 0.717) is 66.9 Å². The highest BCUT2D eigenvalue weighted by Gasteiger charge is 2.58. The zero-order chi connectivity index (χ0) is 28.5. The van der Waals surface area contributed by atoms with Gasteiger partial charge in [-0.05, 0) is 68.3 Å². The van der Waals surface area contributed by atoms with E-state index in [0.717, 1.165) is 0 Å². The van der Waals surface area contributed by atoms with Gasteiger partial charge < -0.3 is 14.4 Å². The molecule has 11 heteroatoms. The van der Waals surface area contributed by atoms with Gasteiger partial charge in [-0.1, -0.05) is 24.3 Å². The number of sulfone groups is 1. The first-order valence-corrected chi connectivity index (χ1v) is 14.9. The van der Waals surface area contributed by atoms with Crippen LogP contribution in [0, 0.1) is 0 Å². The lowest BCUT2D eigenvalue weighted by Gasteiger charge is -2.34. The number of rotatable bonds is 7. The molecule has 1 aliphatic carbocycles. The van der Waals surface area contributed by atoms with Crippen LogP contribution < -0.4 is 15.0 Å². The molecule has 3 heterocycles. The van der Waals surface area contributed by atoms with E-state index in [-0.39, 0.29) is 11.1 Å². The number of benzene rings is 2. The van der Waals surface area contributed by atoms with Gasteiger partial charge in [-0.15, -0.1) is 0 Å². The quantitative estimate of drug-likeness (QED) is 0.332. The van der Waals surface area contributed by atoms with Gasteiger partial charge in [-0.25, -0.2) is 28.2 Å². The molecule has 1 atom stereocenters. The van der Waals surface area contributed by atoms with Gasteiger partial charge in [0.2, 0.25) is 9.84 Å². The molecular weight excluding hydrogens is 542 g/mol. The highest BCUT2D eigenvalue weighted by Crippen LogP contribution is 2.54. The van der Waals surface area contributed by atoms with E-state index in [1.807, 2.05) is 13.0 Å². The van der Waals surface area contributed by atoms with E-state index in [9.17, 15) is 13.2 Å². The third-order valence-corrected chi connectivity index (χ3v) is 9.75. The zero-order valence-electron chi connectivity index (χ0n) is 22.4. The highest BCUT2D eigenvalue weighted by atomic mass is 32.2. The summed E-state index contributed by atoms with van der Waals surface area (Å²) in [6, 6.07) is 22.6. The number of pyridine rings is 1. The average molecular weight is 572 g/mol. The summed E-state index contributed by atoms with van der Waals surface area (Å²) in [5.74, 6) is 1.49. The number of nitrogens with zero attached hydrogens (tertiary/aromatic N) is 4. The van der Waals surface area contributed by atoms with E-state index in [1.54, 1.807) is 66.7 Å². The maximum atomic E-state index is 13.8. The molecule has 1 saturated carbocycles. The summed E-state index contributed by atoms with van der Waals surface area (Å²) < 4.78 is 37.3. The summed E-state index contributed by atoms with van der Waals surface area (Å²) in [6.07, 6.45) is 1.78. The van der Waals surface area contributed by atoms with Crippen molar-refractivity contribution in [2.24, 2.45) is 0 Å². The average Bonchev–Trinajstić information content (AvgIpc) is 3.82. The topological polar surface area (TPSA) is 124 Å². The summed E-state index contributed by atoms with van der Waals surface area (Å²) in [4.78, 5) is 28.3. The lowest BCUT2D eigenvalue weighted by atomic mass is 10.1. The Kier molecular flexibility index (Phi) is 7.14. The highest BCUT2D eigenvalue weighted by molar-refractivity contribution is 7.92. The van der Waals surface area contributed by atoms with Crippen LogP contribution in [0.3, 0.4) is 0 Å². The fraction of sp³-hybridized carbons (Fsp3) is 0.267. The molecule has 1 amide bonds. The Balaban J connectivity index is 1.33. The third kappa shape index (κ3) is 5.38. The lowest BCUT2D eigenvalue weighted by Crippen LogP contribution is -2.44. The van der Waals surface area contributed by atoms with E-state index in [4.69, 9.17) is 19.4 Å². The Morgan fingerprint density at radius 3 is 2.46 bits per heavy atom. The molecular formula is C30H29N5O5S. The van der Waals surface area contributed by atoms with Crippen LogP contribution in [0.2, 0.25) is 0 Å². The van der Waals surface area contributed by atoms with Gasteiger partial charge in [-0.3, -0.25) is 5.32 Å². The van der Waals surface area contributed by atoms with E-state index in [2.05, 4.69) is 15.2 Å². The molecule has 6 rings (SSSR count). The number of para-hydroxylation sites is 1. The van der Waals surface area contributed by atoms with Crippen LogP contribution >= 0.6 is 0 Å². The van der Waals surface area contributed by atoms with Crippen molar-refractivity contribution in [1.29, 1.82) is 0 Å². The molecule has 2 aromatic carbocycles. The molecule has 2 fully saturated rings. The molecule has 0 radical (unpaired) electrons. The third-order valence-electron chi connectivity index (χ3n) is 7.32. The second-order valence-electron chi connectivity index (χ2n) is 10.1. The summed E-state index contributed by atoms with van der Waals surface area (Å²) >= 11 is 0. The van der Waals surface area contributed by atoms with Crippen molar-refractivity contribution in [3.05, 3.63) is 90.8 Å². The molecule has 41 heavy (non-hydrogen) atoms. The number of nitrogens with one attached hydrogen (secondary N) is 1. The van der Waals surface area contributed by atoms with Crippen LogP contribution in [0.25, 0.3) is 11.4 Å². The summed E-state index contributed by atoms with van der Waals surface area (Å²) in [7, 11) is -3.79. The van der Waals surface area contributed by atoms with Gasteiger partial charge in [0.05, 0.1) is 24.9 Å². The molecule has 4 aromatic rings. The van der Waals surface area contributed by atoms with Crippen molar-refractivity contribution in [2.75, 3.05) is 30.0 Å². The van der Waals surface area contributed by atoms with Gasteiger partial charge in [-0.2, -0.15) is 0 Å². The number of anilines is 2. The summed E-state index contributed by atoms with van der Waals surface area (Å²) in [5.41, 5.74) is 1.67. The van der Waals surface area contributed by atoms with Gasteiger partial charge in [0.25, 0.3) is 0 Å². The van der Waals surface area contributed by atoms with Gasteiger partial charge in [0, 0.05) is 30.1 Å². The van der Waals surface area contributed by atoms with Crippen LogP contribution in [0.1, 0.15) is 25.5 Å². The minimum Gasteiger partial charge on any atom is -0.410 e. The molecule has 10 nitrogen and oxygen atoms in total. The molecule has 1 saturated heterocycles. The number of hydrogen-bond donors (Lipinski definition) is 1. The van der Waals surface area contributed by atoms with Crippen LogP contribution in [-0.4, -0.2) is 55.3 Å². The number of amides is 1. The van der Waals surface area contributed by atoms with Crippen molar-refractivity contribution in [1.82, 2.24) is 15.0 Å². The van der Waals surface area contributed by atoms with Crippen molar-refractivity contribution < 1.29 is 22.7 Å². The van der Waals surface area contributed by atoms with E-state index in [1.165, 1.54) is 12.3 Å². The largest absolute Gasteiger partial charge is 0.417 e. The van der Waals surface area contributed by atoms with Crippen molar-refractivity contribution in [3.8, 4) is 17.1 Å². The molecule has 1 aliphatic heterocycles. The predicted octanol–water partition coefficient (Wildman–Crippen LogP) is 4.84. The number of carbonyl (C=O) groups is 1. The Morgan fingerprint density at radius 1 is 1.02 bits per heavy atom. The first-order chi connectivity index (χ1) is 19.9. The second-order valence-corrected chi connectivity index (χ2v) is 12.3. The maximum Gasteiger partial charge on any atom is 0.417 e. The van der Waals surface area contributed by atoms with Gasteiger partial charge >= 0.3 is 6.09 Å². The zero-order valence-corrected chi connectivity index (χ0v) is 23.3. The normalized spacial score (nSPS) is 18.0. The van der Waals surface area contributed by atoms with Gasteiger partial charge in [0.15, 0.2) is 10.9 Å². The molecule has 0 bridgehead atoms. The number of ether oxygens (including phenoxy) is 2. The fourth-order valence-corrected chi connectivity index (χ4v) is 6.81. The van der Waals surface area contributed by atoms with E-state index >= 15 is 0 Å². The predicted molar refractivity (Wildman–Crippen MR) is 154 cm³/mol. The second kappa shape index (κ2) is 10.9. The van der Waals surface area contributed by atoms with Crippen molar-refractivity contribution >= 4 is 27.4 Å². The SMILES string of the molecule is C[C@H]1COCCN1c1cc(C2(S(=O)(=O)c3ccccn3)CC2)nc(-c2ccc(NC(=O)Oc3ccccc3)cc2)n1. The standard InChI is InChI=1S/C30H29N5O5S/c1-21-20-39-18-17-35(21)26-19-25(30(14-15-30)41(37,38)27-9-5-6-16-31-27)33-28(34-26)22-10-12-23(13-11-22)32-29(36)40-24-7-3-2-4-8-24/h2-13,16,19,21H,14-15,17-18,20H2,1H3,(H,32,36)/t21-/m0/s1. The Bertz CT molecular complexity index is 1650. The Labute approximate surface area is 238 Å². The summed E-state index contributed by atoms with van der Waals surface area (Å²) in [6.45, 7) is 3.78. The molecule has 2 aliphatic rings. The first-order valence-electron chi connectivity index (χ1n) is 13.4. The molecule has 1 N–H and O–H groups in total. The van der Waals surface area contributed by atoms with Crippen LogP contribution in [0.5, 0.6) is 5.75 Å². The molecule has 0 spiro atoms. The summed E-state index contributed by atoms with van der Waals surface area (Å²) in [5, 5.41) is 2.75. The fourth-order valence-electron chi connectivity index (χ4n) is 4.94. The van der Waals surface area contributed by atoms with Crippen molar-refractivity contribution in [2.45, 2.75) is 35.6 Å². The Morgan fingerprint density at radius 2 is 1.78 bits per heavy atom. The number of hydrogen-bond acceptors (Lipinski definition) is 9.